The highest BCUT2D eigenvalue weighted by Crippen LogP contribution is 2.25. The molecule has 8 nitrogen and oxygen atoms in total. The molecule has 0 radical (unpaired) electrons. The Bertz CT molecular complexity index is 878. The minimum atomic E-state index is -1.09. The fourth-order valence-electron chi connectivity index (χ4n) is 2.07. The van der Waals surface area contributed by atoms with Gasteiger partial charge in [-0.25, -0.2) is 14.2 Å². The van der Waals surface area contributed by atoms with Crippen LogP contribution in [0.25, 0.3) is 11.4 Å². The molecule has 0 aliphatic heterocycles. The maximum atomic E-state index is 13.0. The average Bonchev–Trinajstić information content (AvgIpc) is 3.04. The Hall–Kier alpha value is -3.33. The second-order valence-electron chi connectivity index (χ2n) is 4.93. The quantitative estimate of drug-likeness (QED) is 0.697. The number of pyridine rings is 2. The second-order valence-corrected chi connectivity index (χ2v) is 4.93. The monoisotopic (exact) mass is 345 g/mol. The van der Waals surface area contributed by atoms with Crippen LogP contribution in [-0.2, 0) is 13.2 Å². The first-order chi connectivity index (χ1) is 12.1. The summed E-state index contributed by atoms with van der Waals surface area (Å²) in [6, 6.07) is 5.42. The largest absolute Gasteiger partial charge is 0.478 e. The van der Waals surface area contributed by atoms with E-state index in [0.29, 0.717) is 17.0 Å². The number of nitrogens with zero attached hydrogens (tertiary/aromatic N) is 3. The van der Waals surface area contributed by atoms with Crippen molar-refractivity contribution in [1.29, 1.82) is 0 Å². The Morgan fingerprint density at radius 2 is 2.04 bits per heavy atom. The molecular formula is C16H12FN3O5. The number of aliphatic hydroxyl groups is 1. The van der Waals surface area contributed by atoms with Crippen LogP contribution < -0.4 is 4.74 Å². The molecule has 3 rings (SSSR count). The van der Waals surface area contributed by atoms with Gasteiger partial charge in [-0.1, -0.05) is 5.16 Å². The number of ether oxygens (including phenoxy) is 1. The summed E-state index contributed by atoms with van der Waals surface area (Å²) in [5.74, 6) is -1.21. The summed E-state index contributed by atoms with van der Waals surface area (Å²) >= 11 is 0. The van der Waals surface area contributed by atoms with E-state index in [2.05, 4.69) is 15.1 Å². The van der Waals surface area contributed by atoms with Crippen molar-refractivity contribution in [2.75, 3.05) is 0 Å². The Morgan fingerprint density at radius 1 is 1.20 bits per heavy atom. The average molecular weight is 345 g/mol. The number of carboxylic acid groups (broad SMARTS) is 1. The van der Waals surface area contributed by atoms with Crippen LogP contribution in [-0.4, -0.2) is 31.3 Å². The van der Waals surface area contributed by atoms with Gasteiger partial charge in [0.1, 0.15) is 24.7 Å². The van der Waals surface area contributed by atoms with Crippen molar-refractivity contribution < 1.29 is 28.7 Å². The van der Waals surface area contributed by atoms with Crippen LogP contribution in [0.15, 0.2) is 41.2 Å². The van der Waals surface area contributed by atoms with Crippen LogP contribution in [0.4, 0.5) is 4.39 Å². The third-order valence-electron chi connectivity index (χ3n) is 3.33. The van der Waals surface area contributed by atoms with Crippen molar-refractivity contribution >= 4 is 5.97 Å². The Balaban J connectivity index is 1.82. The lowest BCUT2D eigenvalue weighted by atomic mass is 10.1. The SMILES string of the molecule is O=C(O)c1ccc(OCc2c(-c3ccc(F)cn3)noc2CO)nc1. The van der Waals surface area contributed by atoms with E-state index in [4.69, 9.17) is 14.4 Å². The predicted octanol–water partition coefficient (Wildman–Crippen LogP) is 2.04. The molecule has 0 amide bonds. The van der Waals surface area contributed by atoms with Gasteiger partial charge >= 0.3 is 5.97 Å². The first-order valence-electron chi connectivity index (χ1n) is 7.11. The van der Waals surface area contributed by atoms with Crippen molar-refractivity contribution in [3.05, 3.63) is 59.4 Å². The standard InChI is InChI=1S/C16H12FN3O5/c17-10-2-3-12(18-6-10)15-11(13(7-21)25-20-15)8-24-14-4-1-9(5-19-14)16(22)23/h1-6,21H,7-8H2,(H,22,23). The van der Waals surface area contributed by atoms with Gasteiger partial charge in [-0.05, 0) is 18.2 Å². The molecule has 9 heteroatoms. The van der Waals surface area contributed by atoms with Crippen LogP contribution in [0.3, 0.4) is 0 Å². The molecule has 0 saturated carbocycles. The minimum absolute atomic E-state index is 0.0320. The summed E-state index contributed by atoms with van der Waals surface area (Å²) in [6.07, 6.45) is 2.21. The number of hydrogen-bond donors (Lipinski definition) is 2. The summed E-state index contributed by atoms with van der Waals surface area (Å²) in [6.45, 7) is -0.453. The molecule has 0 aromatic carbocycles. The van der Waals surface area contributed by atoms with Crippen LogP contribution in [0.5, 0.6) is 5.88 Å². The van der Waals surface area contributed by atoms with Gasteiger partial charge in [0.25, 0.3) is 0 Å². The van der Waals surface area contributed by atoms with Crippen molar-refractivity contribution in [2.24, 2.45) is 0 Å². The van der Waals surface area contributed by atoms with Crippen molar-refractivity contribution in [3.8, 4) is 17.3 Å². The summed E-state index contributed by atoms with van der Waals surface area (Å²) in [5.41, 5.74) is 1.14. The molecule has 0 unspecified atom stereocenters. The van der Waals surface area contributed by atoms with Crippen LogP contribution >= 0.6 is 0 Å². The third-order valence-corrected chi connectivity index (χ3v) is 3.33. The normalized spacial score (nSPS) is 10.6. The van der Waals surface area contributed by atoms with E-state index >= 15 is 0 Å². The molecule has 25 heavy (non-hydrogen) atoms. The first kappa shape index (κ1) is 16.5. The van der Waals surface area contributed by atoms with Crippen LogP contribution in [0, 0.1) is 5.82 Å². The highest BCUT2D eigenvalue weighted by molar-refractivity contribution is 5.87. The van der Waals surface area contributed by atoms with Gasteiger partial charge in [-0.15, -0.1) is 0 Å². The summed E-state index contributed by atoms with van der Waals surface area (Å²) in [7, 11) is 0. The Morgan fingerprint density at radius 3 is 2.64 bits per heavy atom. The third kappa shape index (κ3) is 3.61. The van der Waals surface area contributed by atoms with E-state index in [1.165, 1.54) is 30.5 Å². The second kappa shape index (κ2) is 7.05. The number of hydrogen-bond acceptors (Lipinski definition) is 7. The lowest BCUT2D eigenvalue weighted by molar-refractivity contribution is 0.0696. The number of carbonyl (C=O) groups is 1. The molecule has 0 aliphatic rings. The molecule has 0 bridgehead atoms. The summed E-state index contributed by atoms with van der Waals surface area (Å²) in [4.78, 5) is 18.6. The van der Waals surface area contributed by atoms with Gasteiger partial charge in [0, 0.05) is 12.3 Å². The Labute approximate surface area is 140 Å². The molecule has 0 atom stereocenters. The highest BCUT2D eigenvalue weighted by Gasteiger charge is 2.19. The van der Waals surface area contributed by atoms with Gasteiger partial charge in [0.15, 0.2) is 5.76 Å². The van der Waals surface area contributed by atoms with E-state index < -0.39 is 18.4 Å². The Kier molecular flexibility index (Phi) is 4.66. The topological polar surface area (TPSA) is 119 Å². The zero-order valence-corrected chi connectivity index (χ0v) is 12.7. The van der Waals surface area contributed by atoms with E-state index in [9.17, 15) is 14.3 Å². The van der Waals surface area contributed by atoms with E-state index in [0.717, 1.165) is 6.20 Å². The smallest absolute Gasteiger partial charge is 0.337 e. The minimum Gasteiger partial charge on any atom is -0.478 e. The first-order valence-corrected chi connectivity index (χ1v) is 7.11. The van der Waals surface area contributed by atoms with Crippen LogP contribution in [0.2, 0.25) is 0 Å². The predicted molar refractivity (Wildman–Crippen MR) is 81.1 cm³/mol. The molecule has 0 fully saturated rings. The number of rotatable bonds is 6. The summed E-state index contributed by atoms with van der Waals surface area (Å²) in [5, 5.41) is 22.0. The van der Waals surface area contributed by atoms with Crippen molar-refractivity contribution in [1.82, 2.24) is 15.1 Å². The van der Waals surface area contributed by atoms with Gasteiger partial charge in [-0.2, -0.15) is 0 Å². The van der Waals surface area contributed by atoms with E-state index in [1.54, 1.807) is 0 Å². The molecule has 3 aromatic heterocycles. The molecule has 3 heterocycles. The molecular weight excluding hydrogens is 333 g/mol. The van der Waals surface area contributed by atoms with Gasteiger partial charge in [-0.3, -0.25) is 4.98 Å². The highest BCUT2D eigenvalue weighted by atomic mass is 19.1. The molecule has 0 aliphatic carbocycles. The number of aromatic carboxylic acids is 1. The lowest BCUT2D eigenvalue weighted by Gasteiger charge is -2.06. The molecule has 0 saturated heterocycles. The maximum absolute atomic E-state index is 13.0. The molecule has 128 valence electrons. The molecule has 0 spiro atoms. The van der Waals surface area contributed by atoms with Crippen molar-refractivity contribution in [2.45, 2.75) is 13.2 Å². The van der Waals surface area contributed by atoms with Gasteiger partial charge in [0.2, 0.25) is 5.88 Å². The molecule has 2 N–H and O–H groups in total. The lowest BCUT2D eigenvalue weighted by Crippen LogP contribution is -2.03. The number of carboxylic acids is 1. The van der Waals surface area contributed by atoms with Crippen LogP contribution in [0.1, 0.15) is 21.7 Å². The number of halogens is 1. The summed E-state index contributed by atoms with van der Waals surface area (Å²) < 4.78 is 23.6. The maximum Gasteiger partial charge on any atom is 0.337 e. The fourth-order valence-corrected chi connectivity index (χ4v) is 2.07. The zero-order valence-electron chi connectivity index (χ0n) is 12.7. The zero-order chi connectivity index (χ0) is 17.8. The van der Waals surface area contributed by atoms with Crippen molar-refractivity contribution in [3.63, 3.8) is 0 Å². The fraction of sp³-hybridized carbons (Fsp3) is 0.125. The van der Waals surface area contributed by atoms with Gasteiger partial charge < -0.3 is 19.5 Å². The molecule has 3 aromatic rings. The van der Waals surface area contributed by atoms with E-state index in [1.807, 2.05) is 0 Å². The van der Waals surface area contributed by atoms with Gasteiger partial charge in [0.05, 0.1) is 23.0 Å². The number of aromatic nitrogens is 3. The number of aliphatic hydroxyl groups excluding tert-OH is 1. The van der Waals surface area contributed by atoms with E-state index in [-0.39, 0.29) is 23.8 Å².